The summed E-state index contributed by atoms with van der Waals surface area (Å²) in [4.78, 5) is 11.0. The lowest BCUT2D eigenvalue weighted by Crippen LogP contribution is -2.30. The van der Waals surface area contributed by atoms with Gasteiger partial charge in [-0.3, -0.25) is 10.1 Å². The van der Waals surface area contributed by atoms with Crippen molar-refractivity contribution in [2.75, 3.05) is 5.32 Å². The number of rotatable bonds is 2. The van der Waals surface area contributed by atoms with Gasteiger partial charge in [-0.15, -0.1) is 0 Å². The van der Waals surface area contributed by atoms with Crippen molar-refractivity contribution >= 4 is 23.0 Å². The zero-order chi connectivity index (χ0) is 18.5. The third-order valence-corrected chi connectivity index (χ3v) is 6.18. The molecule has 0 radical (unpaired) electrons. The molecular weight excluding hydrogens is 360 g/mol. The molecular formula is C22H17ClN2O2. The van der Waals surface area contributed by atoms with Crippen LogP contribution in [0, 0.1) is 16.0 Å². The van der Waals surface area contributed by atoms with E-state index in [9.17, 15) is 10.1 Å². The summed E-state index contributed by atoms with van der Waals surface area (Å²) in [5.74, 6) is 0.385. The van der Waals surface area contributed by atoms with Crippen LogP contribution in [0.25, 0.3) is 0 Å². The van der Waals surface area contributed by atoms with Gasteiger partial charge in [0.25, 0.3) is 5.69 Å². The molecule has 1 aliphatic heterocycles. The molecule has 27 heavy (non-hydrogen) atoms. The number of nitrogens with one attached hydrogen (secondary N) is 1. The molecule has 0 aromatic heterocycles. The topological polar surface area (TPSA) is 55.2 Å². The van der Waals surface area contributed by atoms with Crippen molar-refractivity contribution in [2.24, 2.45) is 5.92 Å². The second-order valence-corrected chi connectivity index (χ2v) is 7.62. The molecule has 2 aliphatic rings. The van der Waals surface area contributed by atoms with Crippen LogP contribution in [0.4, 0.5) is 11.4 Å². The van der Waals surface area contributed by atoms with Crippen LogP contribution in [0.1, 0.15) is 34.2 Å². The molecule has 1 aliphatic carbocycles. The summed E-state index contributed by atoms with van der Waals surface area (Å²) in [6.07, 6.45) is 0.922. The summed E-state index contributed by atoms with van der Waals surface area (Å²) >= 11 is 6.52. The van der Waals surface area contributed by atoms with Crippen LogP contribution >= 0.6 is 11.6 Å². The molecule has 3 atom stereocenters. The second-order valence-electron chi connectivity index (χ2n) is 7.22. The maximum Gasteiger partial charge on any atom is 0.269 e. The predicted molar refractivity (Wildman–Crippen MR) is 106 cm³/mol. The Morgan fingerprint density at radius 2 is 1.70 bits per heavy atom. The van der Waals surface area contributed by atoms with Gasteiger partial charge in [0.05, 0.1) is 11.0 Å². The SMILES string of the molecule is O=[N+]([O-])c1ccc2c(c1)[C@@H]1c3ccccc3C[C@@H]1[C@@H](c1ccccc1Cl)N2. The van der Waals surface area contributed by atoms with Gasteiger partial charge in [-0.05, 0) is 46.7 Å². The number of non-ortho nitro benzene ring substituents is 1. The lowest BCUT2D eigenvalue weighted by molar-refractivity contribution is -0.384. The van der Waals surface area contributed by atoms with E-state index in [1.165, 1.54) is 11.1 Å². The fourth-order valence-corrected chi connectivity index (χ4v) is 4.95. The van der Waals surface area contributed by atoms with Gasteiger partial charge in [0.1, 0.15) is 0 Å². The van der Waals surface area contributed by atoms with E-state index in [0.29, 0.717) is 0 Å². The maximum absolute atomic E-state index is 11.3. The van der Waals surface area contributed by atoms with E-state index in [2.05, 4.69) is 29.6 Å². The Kier molecular flexibility index (Phi) is 3.69. The summed E-state index contributed by atoms with van der Waals surface area (Å²) in [6.45, 7) is 0. The van der Waals surface area contributed by atoms with Crippen LogP contribution in [0.2, 0.25) is 5.02 Å². The minimum Gasteiger partial charge on any atom is -0.378 e. The number of anilines is 1. The molecule has 0 fully saturated rings. The molecule has 0 unspecified atom stereocenters. The van der Waals surface area contributed by atoms with E-state index < -0.39 is 0 Å². The van der Waals surface area contributed by atoms with E-state index >= 15 is 0 Å². The first-order valence-electron chi connectivity index (χ1n) is 9.00. The Labute approximate surface area is 161 Å². The number of nitro benzene ring substituents is 1. The van der Waals surface area contributed by atoms with Gasteiger partial charge in [-0.25, -0.2) is 0 Å². The molecule has 0 amide bonds. The van der Waals surface area contributed by atoms with E-state index in [1.807, 2.05) is 30.3 Å². The highest BCUT2D eigenvalue weighted by Gasteiger charge is 2.44. The lowest BCUT2D eigenvalue weighted by Gasteiger charge is -2.38. The molecule has 3 aromatic carbocycles. The van der Waals surface area contributed by atoms with Crippen LogP contribution in [-0.2, 0) is 6.42 Å². The average molecular weight is 377 g/mol. The van der Waals surface area contributed by atoms with Crippen molar-refractivity contribution in [3.05, 3.63) is 104 Å². The van der Waals surface area contributed by atoms with Crippen molar-refractivity contribution in [3.8, 4) is 0 Å². The Morgan fingerprint density at radius 3 is 2.48 bits per heavy atom. The summed E-state index contributed by atoms with van der Waals surface area (Å²) in [5, 5.41) is 15.7. The number of hydrogen-bond donors (Lipinski definition) is 1. The number of nitrogens with zero attached hydrogens (tertiary/aromatic N) is 1. The Hall–Kier alpha value is -2.85. The largest absolute Gasteiger partial charge is 0.378 e. The van der Waals surface area contributed by atoms with E-state index in [0.717, 1.165) is 28.3 Å². The van der Waals surface area contributed by atoms with Crippen molar-refractivity contribution in [3.63, 3.8) is 0 Å². The molecule has 1 heterocycles. The zero-order valence-corrected chi connectivity index (χ0v) is 15.2. The first-order chi connectivity index (χ1) is 13.1. The van der Waals surface area contributed by atoms with Crippen LogP contribution in [0.5, 0.6) is 0 Å². The van der Waals surface area contributed by atoms with E-state index in [-0.39, 0.29) is 28.5 Å². The van der Waals surface area contributed by atoms with Crippen molar-refractivity contribution in [2.45, 2.75) is 18.4 Å². The van der Waals surface area contributed by atoms with Gasteiger partial charge in [-0.2, -0.15) is 0 Å². The van der Waals surface area contributed by atoms with Gasteiger partial charge in [0, 0.05) is 28.8 Å². The molecule has 0 saturated carbocycles. The second kappa shape index (κ2) is 6.10. The normalized spacial score (nSPS) is 22.3. The van der Waals surface area contributed by atoms with Crippen molar-refractivity contribution in [1.82, 2.24) is 0 Å². The third-order valence-electron chi connectivity index (χ3n) is 5.83. The summed E-state index contributed by atoms with van der Waals surface area (Å²) < 4.78 is 0. The van der Waals surface area contributed by atoms with Crippen molar-refractivity contribution < 1.29 is 4.92 Å². The number of benzene rings is 3. The first-order valence-corrected chi connectivity index (χ1v) is 9.38. The van der Waals surface area contributed by atoms with Gasteiger partial charge in [0.2, 0.25) is 0 Å². The zero-order valence-electron chi connectivity index (χ0n) is 14.4. The standard InChI is InChI=1S/C22H17ClN2O2/c23-19-8-4-3-7-16(19)22-18-11-13-5-1-2-6-15(13)21(18)17-12-14(25(26)27)9-10-20(17)24-22/h1-10,12,18,21-22,24H,11H2/t18-,21-,22+/m0/s1. The average Bonchev–Trinajstić information content (AvgIpc) is 3.07. The number of fused-ring (bicyclic) bond motifs is 5. The highest BCUT2D eigenvalue weighted by atomic mass is 35.5. The monoisotopic (exact) mass is 376 g/mol. The van der Waals surface area contributed by atoms with E-state index in [4.69, 9.17) is 11.6 Å². The first kappa shape index (κ1) is 16.3. The minimum atomic E-state index is -0.323. The van der Waals surface area contributed by atoms with Gasteiger partial charge < -0.3 is 5.32 Å². The summed E-state index contributed by atoms with van der Waals surface area (Å²) in [5.41, 5.74) is 5.74. The number of hydrogen-bond acceptors (Lipinski definition) is 3. The van der Waals surface area contributed by atoms with Gasteiger partial charge >= 0.3 is 0 Å². The fourth-order valence-electron chi connectivity index (χ4n) is 4.70. The van der Waals surface area contributed by atoms with Crippen molar-refractivity contribution in [1.29, 1.82) is 0 Å². The molecule has 5 heteroatoms. The van der Waals surface area contributed by atoms with Gasteiger partial charge in [-0.1, -0.05) is 54.1 Å². The molecule has 3 aromatic rings. The summed E-state index contributed by atoms with van der Waals surface area (Å²) in [6, 6.07) is 21.5. The lowest BCUT2D eigenvalue weighted by atomic mass is 9.75. The molecule has 1 N–H and O–H groups in total. The number of halogens is 1. The summed E-state index contributed by atoms with van der Waals surface area (Å²) in [7, 11) is 0. The highest BCUT2D eigenvalue weighted by Crippen LogP contribution is 2.54. The molecule has 0 spiro atoms. The van der Waals surface area contributed by atoms with Crippen LogP contribution in [0.15, 0.2) is 66.7 Å². The molecule has 4 nitrogen and oxygen atoms in total. The molecule has 134 valence electrons. The molecule has 0 saturated heterocycles. The Morgan fingerprint density at radius 1 is 0.963 bits per heavy atom. The molecule has 5 rings (SSSR count). The predicted octanol–water partition coefficient (Wildman–Crippen LogP) is 5.72. The Bertz CT molecular complexity index is 1070. The van der Waals surface area contributed by atoms with Crippen LogP contribution in [-0.4, -0.2) is 4.92 Å². The van der Waals surface area contributed by atoms with Crippen LogP contribution in [0.3, 0.4) is 0 Å². The van der Waals surface area contributed by atoms with Crippen LogP contribution < -0.4 is 5.32 Å². The molecule has 0 bridgehead atoms. The fraction of sp³-hybridized carbons (Fsp3) is 0.182. The maximum atomic E-state index is 11.3. The number of nitro groups is 1. The smallest absolute Gasteiger partial charge is 0.269 e. The highest BCUT2D eigenvalue weighted by molar-refractivity contribution is 6.31. The third kappa shape index (κ3) is 2.52. The minimum absolute atomic E-state index is 0.0602. The van der Waals surface area contributed by atoms with Gasteiger partial charge in [0.15, 0.2) is 0 Å². The Balaban J connectivity index is 1.71. The quantitative estimate of drug-likeness (QED) is 0.459. The van der Waals surface area contributed by atoms with E-state index in [1.54, 1.807) is 12.1 Å².